The van der Waals surface area contributed by atoms with Crippen molar-refractivity contribution in [2.75, 3.05) is 12.0 Å². The van der Waals surface area contributed by atoms with Gasteiger partial charge in [-0.25, -0.2) is 13.5 Å². The van der Waals surface area contributed by atoms with Crippen molar-refractivity contribution in [2.24, 2.45) is 0 Å². The van der Waals surface area contributed by atoms with Crippen LogP contribution >= 0.6 is 0 Å². The van der Waals surface area contributed by atoms with Crippen LogP contribution in [-0.4, -0.2) is 35.9 Å². The Labute approximate surface area is 116 Å². The van der Waals surface area contributed by atoms with Gasteiger partial charge >= 0.3 is 0 Å². The quantitative estimate of drug-likeness (QED) is 0.850. The smallest absolute Gasteiger partial charge is 0.184 e. The van der Waals surface area contributed by atoms with E-state index in [9.17, 15) is 13.0 Å². The van der Waals surface area contributed by atoms with Crippen LogP contribution in [0.1, 0.15) is 6.92 Å². The molecule has 0 saturated carbocycles. The fourth-order valence-electron chi connectivity index (χ4n) is 1.62. The summed E-state index contributed by atoms with van der Waals surface area (Å²) < 4.78 is 39.1. The number of halogens is 2. The third kappa shape index (κ3) is 2.82. The standard InChI is InChI=1S/C11H13F2N5OS/c1-6(20(2)19)5-18-11(15-16-17-18)7-3-8(12)9(13)4-10(7)14/h3-4,6H,5,14H2,1-2H3. The van der Waals surface area contributed by atoms with Gasteiger partial charge in [0.2, 0.25) is 0 Å². The second-order valence-electron chi connectivity index (χ2n) is 4.35. The van der Waals surface area contributed by atoms with Crippen LogP contribution < -0.4 is 5.73 Å². The summed E-state index contributed by atoms with van der Waals surface area (Å²) in [5.41, 5.74) is 5.90. The fraction of sp³-hybridized carbons (Fsp3) is 0.364. The summed E-state index contributed by atoms with van der Waals surface area (Å²) >= 11 is 0. The summed E-state index contributed by atoms with van der Waals surface area (Å²) in [4.78, 5) is 0. The van der Waals surface area contributed by atoms with E-state index in [0.717, 1.165) is 12.1 Å². The number of hydrogen-bond donors (Lipinski definition) is 1. The Morgan fingerprint density at radius 1 is 1.40 bits per heavy atom. The van der Waals surface area contributed by atoms with Gasteiger partial charge in [-0.15, -0.1) is 5.10 Å². The number of nitrogens with zero attached hydrogens (tertiary/aromatic N) is 4. The zero-order chi connectivity index (χ0) is 14.9. The van der Waals surface area contributed by atoms with Crippen molar-refractivity contribution in [3.63, 3.8) is 0 Å². The van der Waals surface area contributed by atoms with E-state index in [4.69, 9.17) is 5.73 Å². The largest absolute Gasteiger partial charge is 0.398 e. The van der Waals surface area contributed by atoms with Gasteiger partial charge in [-0.2, -0.15) is 0 Å². The Bertz CT molecular complexity index is 660. The molecule has 0 radical (unpaired) electrons. The molecule has 1 aromatic heterocycles. The Kier molecular flexibility index (Phi) is 4.07. The second-order valence-corrected chi connectivity index (χ2v) is 6.15. The van der Waals surface area contributed by atoms with E-state index < -0.39 is 22.4 Å². The van der Waals surface area contributed by atoms with Crippen molar-refractivity contribution in [2.45, 2.75) is 18.7 Å². The first-order valence-corrected chi connectivity index (χ1v) is 7.35. The summed E-state index contributed by atoms with van der Waals surface area (Å²) in [5, 5.41) is 10.8. The fourth-order valence-corrected chi connectivity index (χ4v) is 1.98. The van der Waals surface area contributed by atoms with E-state index in [1.54, 1.807) is 13.2 Å². The lowest BCUT2D eigenvalue weighted by molar-refractivity contribution is 0.509. The lowest BCUT2D eigenvalue weighted by Gasteiger charge is -2.11. The van der Waals surface area contributed by atoms with E-state index >= 15 is 0 Å². The van der Waals surface area contributed by atoms with Gasteiger partial charge in [0.05, 0.1) is 11.8 Å². The van der Waals surface area contributed by atoms with Crippen LogP contribution in [0.3, 0.4) is 0 Å². The Balaban J connectivity index is 2.42. The summed E-state index contributed by atoms with van der Waals surface area (Å²) in [6.07, 6.45) is 1.57. The number of benzene rings is 1. The van der Waals surface area contributed by atoms with Crippen LogP contribution in [-0.2, 0) is 17.3 Å². The molecule has 2 atom stereocenters. The molecule has 9 heteroatoms. The molecule has 108 valence electrons. The number of nitrogen functional groups attached to an aromatic ring is 1. The molecule has 6 nitrogen and oxygen atoms in total. The highest BCUT2D eigenvalue weighted by atomic mass is 32.2. The topological polar surface area (TPSA) is 86.7 Å². The van der Waals surface area contributed by atoms with Crippen LogP contribution in [0.5, 0.6) is 0 Å². The number of rotatable bonds is 4. The Hall–Kier alpha value is -1.90. The Morgan fingerprint density at radius 3 is 2.70 bits per heavy atom. The van der Waals surface area contributed by atoms with Crippen molar-refractivity contribution in [3.8, 4) is 11.4 Å². The molecule has 0 aliphatic heterocycles. The third-order valence-corrected chi connectivity index (χ3v) is 4.14. The SMILES string of the molecule is CC(Cn1nnnc1-c1cc(F)c(F)cc1N)S(C)=O. The van der Waals surface area contributed by atoms with Gasteiger partial charge in [-0.05, 0) is 23.4 Å². The number of aromatic nitrogens is 4. The van der Waals surface area contributed by atoms with Crippen LogP contribution in [0, 0.1) is 11.6 Å². The van der Waals surface area contributed by atoms with Gasteiger partial charge in [-0.3, -0.25) is 4.21 Å². The van der Waals surface area contributed by atoms with E-state index in [2.05, 4.69) is 15.5 Å². The molecule has 2 rings (SSSR count). The van der Waals surface area contributed by atoms with E-state index in [0.29, 0.717) is 0 Å². The lowest BCUT2D eigenvalue weighted by Crippen LogP contribution is -2.19. The maximum Gasteiger partial charge on any atom is 0.184 e. The monoisotopic (exact) mass is 301 g/mol. The minimum Gasteiger partial charge on any atom is -0.398 e. The highest BCUT2D eigenvalue weighted by Crippen LogP contribution is 2.26. The van der Waals surface area contributed by atoms with Crippen LogP contribution in [0.2, 0.25) is 0 Å². The minimum absolute atomic E-state index is 0.0326. The zero-order valence-electron chi connectivity index (χ0n) is 10.9. The molecule has 0 fully saturated rings. The summed E-state index contributed by atoms with van der Waals surface area (Å²) in [6.45, 7) is 2.06. The first-order valence-electron chi connectivity index (χ1n) is 5.73. The summed E-state index contributed by atoms with van der Waals surface area (Å²) in [7, 11) is -1.05. The second kappa shape index (κ2) is 5.61. The first kappa shape index (κ1) is 14.5. The average molecular weight is 301 g/mol. The van der Waals surface area contributed by atoms with Crippen LogP contribution in [0.15, 0.2) is 12.1 Å². The highest BCUT2D eigenvalue weighted by Gasteiger charge is 2.18. The van der Waals surface area contributed by atoms with Gasteiger partial charge in [0.15, 0.2) is 17.5 Å². The maximum atomic E-state index is 13.3. The molecular weight excluding hydrogens is 288 g/mol. The van der Waals surface area contributed by atoms with Crippen LogP contribution in [0.4, 0.5) is 14.5 Å². The molecule has 20 heavy (non-hydrogen) atoms. The Morgan fingerprint density at radius 2 is 2.05 bits per heavy atom. The molecule has 0 saturated heterocycles. The molecule has 0 spiro atoms. The van der Waals surface area contributed by atoms with E-state index in [1.165, 1.54) is 4.68 Å². The normalized spacial score (nSPS) is 14.2. The first-order chi connectivity index (χ1) is 9.40. The predicted octanol–water partition coefficient (Wildman–Crippen LogP) is 0.967. The molecule has 0 bridgehead atoms. The average Bonchev–Trinajstić information content (AvgIpc) is 2.81. The zero-order valence-corrected chi connectivity index (χ0v) is 11.7. The van der Waals surface area contributed by atoms with Crippen LogP contribution in [0.25, 0.3) is 11.4 Å². The van der Waals surface area contributed by atoms with Gasteiger partial charge in [0.1, 0.15) is 0 Å². The number of tetrazole rings is 1. The van der Waals surface area contributed by atoms with Gasteiger partial charge in [0.25, 0.3) is 0 Å². The molecule has 0 aliphatic carbocycles. The minimum atomic E-state index is -1.05. The highest BCUT2D eigenvalue weighted by molar-refractivity contribution is 7.84. The predicted molar refractivity (Wildman–Crippen MR) is 71.1 cm³/mol. The number of nitrogens with two attached hydrogens (primary N) is 1. The molecule has 2 N–H and O–H groups in total. The van der Waals surface area contributed by atoms with Crippen molar-refractivity contribution >= 4 is 16.5 Å². The molecule has 2 unspecified atom stereocenters. The van der Waals surface area contributed by atoms with Crippen molar-refractivity contribution < 1.29 is 13.0 Å². The molecule has 0 aliphatic rings. The molecule has 0 amide bonds. The van der Waals surface area contributed by atoms with Crippen molar-refractivity contribution in [1.29, 1.82) is 0 Å². The van der Waals surface area contributed by atoms with E-state index in [1.807, 2.05) is 0 Å². The van der Waals surface area contributed by atoms with Crippen molar-refractivity contribution in [3.05, 3.63) is 23.8 Å². The molecular formula is C11H13F2N5OS. The van der Waals surface area contributed by atoms with Gasteiger partial charge in [-0.1, -0.05) is 0 Å². The molecule has 2 aromatic rings. The number of anilines is 1. The third-order valence-electron chi connectivity index (χ3n) is 2.86. The maximum absolute atomic E-state index is 13.3. The number of hydrogen-bond acceptors (Lipinski definition) is 5. The van der Waals surface area contributed by atoms with Gasteiger partial charge in [0, 0.05) is 34.4 Å². The van der Waals surface area contributed by atoms with E-state index in [-0.39, 0.29) is 28.9 Å². The molecule has 1 aromatic carbocycles. The molecule has 1 heterocycles. The summed E-state index contributed by atoms with van der Waals surface area (Å²) in [5.74, 6) is -1.86. The summed E-state index contributed by atoms with van der Waals surface area (Å²) in [6, 6.07) is 1.82. The lowest BCUT2D eigenvalue weighted by atomic mass is 10.1. The van der Waals surface area contributed by atoms with Gasteiger partial charge < -0.3 is 5.73 Å². The van der Waals surface area contributed by atoms with Crippen molar-refractivity contribution in [1.82, 2.24) is 20.2 Å².